The Bertz CT molecular complexity index is 1080. The minimum atomic E-state index is -3.79. The molecule has 4 rings (SSSR count). The lowest BCUT2D eigenvalue weighted by molar-refractivity contribution is 0.392. The van der Waals surface area contributed by atoms with E-state index in [1.165, 1.54) is 20.3 Å². The third-order valence-electron chi connectivity index (χ3n) is 5.07. The molecule has 1 aliphatic rings. The zero-order valence-corrected chi connectivity index (χ0v) is 17.1. The standard InChI is InChI=1S/C20H23N3O5S/c1-26-15-9-10-18(27-2)19(12-15)29(24,25)21-13-14-6-5-11-23(14)20-22-16-7-3-4-8-17(16)28-20/h3-4,7-10,12,14,21H,5-6,11,13H2,1-2H3. The second-order valence-corrected chi connectivity index (χ2v) is 8.56. The summed E-state index contributed by atoms with van der Waals surface area (Å²) >= 11 is 0. The molecule has 0 spiro atoms. The van der Waals surface area contributed by atoms with Gasteiger partial charge in [0, 0.05) is 25.2 Å². The van der Waals surface area contributed by atoms with Crippen molar-refractivity contribution in [2.24, 2.45) is 0 Å². The van der Waals surface area contributed by atoms with Crippen LogP contribution in [0.25, 0.3) is 11.1 Å². The number of methoxy groups -OCH3 is 2. The van der Waals surface area contributed by atoms with Gasteiger partial charge in [0.25, 0.3) is 6.01 Å². The first kappa shape index (κ1) is 19.5. The van der Waals surface area contributed by atoms with Crippen molar-refractivity contribution in [1.82, 2.24) is 9.71 Å². The van der Waals surface area contributed by atoms with Crippen LogP contribution in [0.15, 0.2) is 51.8 Å². The summed E-state index contributed by atoms with van der Waals surface area (Å²) in [5, 5.41) is 0. The maximum Gasteiger partial charge on any atom is 0.298 e. The lowest BCUT2D eigenvalue weighted by Gasteiger charge is -2.23. The van der Waals surface area contributed by atoms with Crippen molar-refractivity contribution in [2.45, 2.75) is 23.8 Å². The van der Waals surface area contributed by atoms with Crippen molar-refractivity contribution in [2.75, 3.05) is 32.2 Å². The zero-order valence-electron chi connectivity index (χ0n) is 16.3. The summed E-state index contributed by atoms with van der Waals surface area (Å²) < 4.78 is 44.8. The van der Waals surface area contributed by atoms with Crippen LogP contribution in [0.2, 0.25) is 0 Å². The molecule has 3 aromatic rings. The van der Waals surface area contributed by atoms with Gasteiger partial charge in [-0.25, -0.2) is 13.1 Å². The molecule has 8 nitrogen and oxygen atoms in total. The molecule has 1 atom stereocenters. The van der Waals surface area contributed by atoms with E-state index in [4.69, 9.17) is 13.9 Å². The van der Waals surface area contributed by atoms with E-state index >= 15 is 0 Å². The van der Waals surface area contributed by atoms with Gasteiger partial charge < -0.3 is 18.8 Å². The molecule has 1 aromatic heterocycles. The topological polar surface area (TPSA) is 93.9 Å². The molecule has 0 radical (unpaired) electrons. The Morgan fingerprint density at radius 2 is 2.03 bits per heavy atom. The summed E-state index contributed by atoms with van der Waals surface area (Å²) in [4.78, 5) is 6.61. The van der Waals surface area contributed by atoms with E-state index in [9.17, 15) is 8.42 Å². The van der Waals surface area contributed by atoms with E-state index in [-0.39, 0.29) is 23.2 Å². The van der Waals surface area contributed by atoms with Gasteiger partial charge in [-0.3, -0.25) is 0 Å². The fraction of sp³-hybridized carbons (Fsp3) is 0.350. The number of benzene rings is 2. The predicted molar refractivity (Wildman–Crippen MR) is 109 cm³/mol. The highest BCUT2D eigenvalue weighted by molar-refractivity contribution is 7.89. The molecule has 1 aliphatic heterocycles. The molecule has 154 valence electrons. The van der Waals surface area contributed by atoms with Crippen LogP contribution in [0.1, 0.15) is 12.8 Å². The van der Waals surface area contributed by atoms with Crippen LogP contribution in [0.5, 0.6) is 11.5 Å². The largest absolute Gasteiger partial charge is 0.497 e. The summed E-state index contributed by atoms with van der Waals surface area (Å²) in [5.74, 6) is 0.709. The number of sulfonamides is 1. The number of hydrogen-bond acceptors (Lipinski definition) is 7. The molecule has 0 aliphatic carbocycles. The Hall–Kier alpha value is -2.78. The number of nitrogens with one attached hydrogen (secondary N) is 1. The Kier molecular flexibility index (Phi) is 5.33. The number of oxazole rings is 1. The molecule has 29 heavy (non-hydrogen) atoms. The highest BCUT2D eigenvalue weighted by atomic mass is 32.2. The molecule has 0 bridgehead atoms. The first-order chi connectivity index (χ1) is 14.0. The van der Waals surface area contributed by atoms with Crippen molar-refractivity contribution >= 4 is 27.1 Å². The summed E-state index contributed by atoms with van der Waals surface area (Å²) in [5.41, 5.74) is 1.50. The summed E-state index contributed by atoms with van der Waals surface area (Å²) in [6.45, 7) is 1.00. The van der Waals surface area contributed by atoms with Gasteiger partial charge in [0.05, 0.1) is 14.2 Å². The van der Waals surface area contributed by atoms with Crippen LogP contribution < -0.4 is 19.1 Å². The number of ether oxygens (including phenoxy) is 2. The van der Waals surface area contributed by atoms with Gasteiger partial charge >= 0.3 is 0 Å². The third kappa shape index (κ3) is 3.88. The molecule has 1 fully saturated rings. The van der Waals surface area contributed by atoms with Gasteiger partial charge in [0.2, 0.25) is 10.0 Å². The van der Waals surface area contributed by atoms with Crippen molar-refractivity contribution in [3.8, 4) is 11.5 Å². The second-order valence-electron chi connectivity index (χ2n) is 6.82. The average molecular weight is 417 g/mol. The number of hydrogen-bond donors (Lipinski definition) is 1. The lowest BCUT2D eigenvalue weighted by atomic mass is 10.2. The van der Waals surface area contributed by atoms with Gasteiger partial charge in [0.1, 0.15) is 21.9 Å². The smallest absolute Gasteiger partial charge is 0.298 e. The first-order valence-electron chi connectivity index (χ1n) is 9.36. The van der Waals surface area contributed by atoms with E-state index in [2.05, 4.69) is 9.71 Å². The van der Waals surface area contributed by atoms with Gasteiger partial charge in [-0.2, -0.15) is 4.98 Å². The first-order valence-corrected chi connectivity index (χ1v) is 10.8. The van der Waals surface area contributed by atoms with E-state index in [0.717, 1.165) is 30.5 Å². The normalized spacial score (nSPS) is 17.0. The molecule has 9 heteroatoms. The number of fused-ring (bicyclic) bond motifs is 1. The molecule has 2 aromatic carbocycles. The fourth-order valence-corrected chi connectivity index (χ4v) is 4.82. The minimum absolute atomic E-state index is 0.0468. The predicted octanol–water partition coefficient (Wildman–Crippen LogP) is 2.79. The van der Waals surface area contributed by atoms with E-state index in [0.29, 0.717) is 11.8 Å². The second kappa shape index (κ2) is 7.92. The van der Waals surface area contributed by atoms with E-state index < -0.39 is 10.0 Å². The summed E-state index contributed by atoms with van der Waals surface area (Å²) in [7, 11) is -0.860. The van der Waals surface area contributed by atoms with Gasteiger partial charge in [-0.1, -0.05) is 12.1 Å². The van der Waals surface area contributed by atoms with Crippen LogP contribution in [0, 0.1) is 0 Å². The van der Waals surface area contributed by atoms with Crippen LogP contribution >= 0.6 is 0 Å². The Morgan fingerprint density at radius 1 is 1.21 bits per heavy atom. The van der Waals surface area contributed by atoms with Crippen molar-refractivity contribution in [3.63, 3.8) is 0 Å². The van der Waals surface area contributed by atoms with Crippen LogP contribution in [0.3, 0.4) is 0 Å². The summed E-state index contributed by atoms with van der Waals surface area (Å²) in [6.07, 6.45) is 1.78. The maximum atomic E-state index is 12.9. The Labute approximate surface area is 169 Å². The molecular weight excluding hydrogens is 394 g/mol. The molecular formula is C20H23N3O5S. The van der Waals surface area contributed by atoms with Crippen LogP contribution in [0.4, 0.5) is 6.01 Å². The van der Waals surface area contributed by atoms with Crippen LogP contribution in [-0.4, -0.2) is 46.8 Å². The average Bonchev–Trinajstić information content (AvgIpc) is 3.38. The molecule has 0 saturated carbocycles. The number of rotatable bonds is 7. The highest BCUT2D eigenvalue weighted by Crippen LogP contribution is 2.30. The molecule has 0 amide bonds. The van der Waals surface area contributed by atoms with E-state index in [1.54, 1.807) is 12.1 Å². The summed E-state index contributed by atoms with van der Waals surface area (Å²) in [6, 6.07) is 12.7. The number of nitrogens with zero attached hydrogens (tertiary/aromatic N) is 2. The third-order valence-corrected chi connectivity index (χ3v) is 6.52. The zero-order chi connectivity index (χ0) is 20.4. The quantitative estimate of drug-likeness (QED) is 0.632. The number of para-hydroxylation sites is 2. The van der Waals surface area contributed by atoms with Gasteiger partial charge in [0.15, 0.2) is 5.58 Å². The monoisotopic (exact) mass is 417 g/mol. The minimum Gasteiger partial charge on any atom is -0.497 e. The fourth-order valence-electron chi connectivity index (χ4n) is 3.56. The van der Waals surface area contributed by atoms with Crippen molar-refractivity contribution in [3.05, 3.63) is 42.5 Å². The van der Waals surface area contributed by atoms with E-state index in [1.807, 2.05) is 29.2 Å². The number of anilines is 1. The molecule has 2 heterocycles. The SMILES string of the molecule is COc1ccc(OC)c(S(=O)(=O)NCC2CCCN2c2nc3ccccc3o2)c1. The highest BCUT2D eigenvalue weighted by Gasteiger charge is 2.30. The Morgan fingerprint density at radius 3 is 2.79 bits per heavy atom. The van der Waals surface area contributed by atoms with Crippen LogP contribution in [-0.2, 0) is 10.0 Å². The lowest BCUT2D eigenvalue weighted by Crippen LogP contribution is -2.40. The van der Waals surface area contributed by atoms with Crippen molar-refractivity contribution in [1.29, 1.82) is 0 Å². The van der Waals surface area contributed by atoms with Crippen molar-refractivity contribution < 1.29 is 22.3 Å². The molecule has 1 N–H and O–H groups in total. The maximum absolute atomic E-state index is 12.9. The van der Waals surface area contributed by atoms with Gasteiger partial charge in [-0.15, -0.1) is 0 Å². The van der Waals surface area contributed by atoms with Gasteiger partial charge in [-0.05, 0) is 37.1 Å². The molecule has 1 unspecified atom stereocenters. The molecule has 1 saturated heterocycles. The Balaban J connectivity index is 1.53. The number of aromatic nitrogens is 1.